The molecule has 4 rings (SSSR count). The van der Waals surface area contributed by atoms with Crippen molar-refractivity contribution in [2.24, 2.45) is 0 Å². The first-order chi connectivity index (χ1) is 14.9. The molecule has 1 saturated heterocycles. The molecule has 0 aromatic heterocycles. The first-order valence-corrected chi connectivity index (χ1v) is 11.7. The van der Waals surface area contributed by atoms with E-state index in [-0.39, 0.29) is 4.90 Å². The van der Waals surface area contributed by atoms with Crippen molar-refractivity contribution in [1.29, 1.82) is 0 Å². The van der Waals surface area contributed by atoms with Gasteiger partial charge in [-0.2, -0.15) is 0 Å². The normalized spacial score (nSPS) is 18.8. The second kappa shape index (κ2) is 8.20. The lowest BCUT2D eigenvalue weighted by Crippen LogP contribution is -2.49. The molecule has 1 aliphatic rings. The highest BCUT2D eigenvalue weighted by Gasteiger charge is 2.63. The average Bonchev–Trinajstić information content (AvgIpc) is 3.10. The van der Waals surface area contributed by atoms with E-state index in [1.807, 2.05) is 12.1 Å². The molecule has 8 heteroatoms. The van der Waals surface area contributed by atoms with Crippen LogP contribution in [0.4, 0.5) is 4.79 Å². The van der Waals surface area contributed by atoms with Crippen molar-refractivity contribution in [3.05, 3.63) is 96.1 Å². The zero-order valence-electron chi connectivity index (χ0n) is 16.5. The van der Waals surface area contributed by atoms with Crippen LogP contribution in [-0.4, -0.2) is 30.8 Å². The number of rotatable bonds is 6. The number of nitrogens with one attached hydrogen (secondary N) is 1. The van der Waals surface area contributed by atoms with Crippen LogP contribution in [0.25, 0.3) is 0 Å². The van der Waals surface area contributed by atoms with E-state index < -0.39 is 31.0 Å². The zero-order chi connectivity index (χ0) is 22.1. The van der Waals surface area contributed by atoms with Gasteiger partial charge >= 0.3 is 0 Å². The monoisotopic (exact) mass is 453 g/mol. The number of carbonyl (C=O) groups is 2. The van der Waals surface area contributed by atoms with Crippen LogP contribution >= 0.6 is 11.8 Å². The van der Waals surface area contributed by atoms with Crippen LogP contribution in [-0.2, 0) is 14.6 Å². The Kier molecular flexibility index (Phi) is 5.60. The van der Waals surface area contributed by atoms with E-state index in [4.69, 9.17) is 4.74 Å². The van der Waals surface area contributed by atoms with Crippen molar-refractivity contribution in [2.75, 3.05) is 7.11 Å². The van der Waals surface area contributed by atoms with Crippen LogP contribution in [0.5, 0.6) is 5.75 Å². The van der Waals surface area contributed by atoms with Gasteiger partial charge in [0, 0.05) is 5.92 Å². The molecule has 0 radical (unpaired) electrons. The molecule has 1 unspecified atom stereocenters. The molecule has 1 atom stereocenters. The van der Waals surface area contributed by atoms with E-state index >= 15 is 0 Å². The second-order valence-electron chi connectivity index (χ2n) is 6.94. The fourth-order valence-electron chi connectivity index (χ4n) is 3.76. The highest BCUT2D eigenvalue weighted by Crippen LogP contribution is 2.52. The van der Waals surface area contributed by atoms with Crippen LogP contribution < -0.4 is 10.1 Å². The van der Waals surface area contributed by atoms with E-state index in [0.29, 0.717) is 28.6 Å². The van der Waals surface area contributed by atoms with Crippen LogP contribution in [0.15, 0.2) is 89.8 Å². The maximum atomic E-state index is 14.0. The Morgan fingerprint density at radius 1 is 0.839 bits per heavy atom. The third-order valence-electron chi connectivity index (χ3n) is 5.19. The Labute approximate surface area is 184 Å². The molecule has 1 aliphatic heterocycles. The standard InChI is InChI=1S/C23H19NO5S2/c1-29-18-12-14-19(15-13-18)31(27,28)23(21(25)24-22(26)30-23)20(16-8-4-2-5-9-16)17-10-6-3-7-11-17/h2-15,20H,1H3,(H,24,25,26). The minimum Gasteiger partial charge on any atom is -0.497 e. The molecule has 0 spiro atoms. The minimum absolute atomic E-state index is 0.0671. The Morgan fingerprint density at radius 2 is 1.35 bits per heavy atom. The van der Waals surface area contributed by atoms with Gasteiger partial charge in [0.05, 0.1) is 12.0 Å². The van der Waals surface area contributed by atoms with Gasteiger partial charge in [-0.1, -0.05) is 60.7 Å². The molecule has 3 aromatic carbocycles. The summed E-state index contributed by atoms with van der Waals surface area (Å²) >= 11 is 0.512. The fourth-order valence-corrected chi connectivity index (χ4v) is 7.39. The van der Waals surface area contributed by atoms with Crippen LogP contribution in [0.1, 0.15) is 17.0 Å². The average molecular weight is 454 g/mol. The lowest BCUT2D eigenvalue weighted by atomic mass is 9.87. The maximum absolute atomic E-state index is 14.0. The molecule has 1 heterocycles. The van der Waals surface area contributed by atoms with E-state index in [0.717, 1.165) is 0 Å². The molecule has 0 aliphatic carbocycles. The molecule has 0 saturated carbocycles. The van der Waals surface area contributed by atoms with Crippen molar-refractivity contribution in [1.82, 2.24) is 5.32 Å². The van der Waals surface area contributed by atoms with Crippen molar-refractivity contribution >= 4 is 32.7 Å². The number of ether oxygens (including phenoxy) is 1. The Morgan fingerprint density at radius 3 is 1.77 bits per heavy atom. The van der Waals surface area contributed by atoms with Gasteiger partial charge in [0.15, 0.2) is 0 Å². The number of amides is 2. The van der Waals surface area contributed by atoms with Crippen molar-refractivity contribution in [3.8, 4) is 5.75 Å². The molecule has 3 aromatic rings. The van der Waals surface area contributed by atoms with Gasteiger partial charge in [-0.15, -0.1) is 0 Å². The van der Waals surface area contributed by atoms with E-state index in [2.05, 4.69) is 5.32 Å². The summed E-state index contributed by atoms with van der Waals surface area (Å²) in [6.45, 7) is 0. The minimum atomic E-state index is -4.33. The van der Waals surface area contributed by atoms with Gasteiger partial charge in [0.25, 0.3) is 11.1 Å². The molecule has 2 amide bonds. The summed E-state index contributed by atoms with van der Waals surface area (Å²) in [5, 5.41) is 1.51. The summed E-state index contributed by atoms with van der Waals surface area (Å²) in [5.74, 6) is -1.29. The SMILES string of the molecule is COc1ccc(S(=O)(=O)C2(C(c3ccccc3)c3ccccc3)SC(=O)NC2=O)cc1. The summed E-state index contributed by atoms with van der Waals surface area (Å²) in [6, 6.07) is 23.6. The van der Waals surface area contributed by atoms with Crippen LogP contribution in [0, 0.1) is 0 Å². The fraction of sp³-hybridized carbons (Fsp3) is 0.130. The molecule has 1 N–H and O–H groups in total. The number of methoxy groups -OCH3 is 1. The van der Waals surface area contributed by atoms with Crippen molar-refractivity contribution < 1.29 is 22.7 Å². The molecular formula is C23H19NO5S2. The summed E-state index contributed by atoms with van der Waals surface area (Å²) in [4.78, 5) is 25.6. The first-order valence-electron chi connectivity index (χ1n) is 9.43. The van der Waals surface area contributed by atoms with Gasteiger partial charge in [-0.05, 0) is 47.2 Å². The third kappa shape index (κ3) is 3.51. The highest BCUT2D eigenvalue weighted by atomic mass is 32.3. The lowest BCUT2D eigenvalue weighted by molar-refractivity contribution is -0.120. The van der Waals surface area contributed by atoms with Gasteiger partial charge in [-0.3, -0.25) is 14.9 Å². The van der Waals surface area contributed by atoms with E-state index in [9.17, 15) is 18.0 Å². The van der Waals surface area contributed by atoms with Gasteiger partial charge in [-0.25, -0.2) is 8.42 Å². The maximum Gasteiger partial charge on any atom is 0.287 e. The summed E-state index contributed by atoms with van der Waals surface area (Å²) in [7, 11) is -2.85. The third-order valence-corrected chi connectivity index (χ3v) is 9.22. The number of hydrogen-bond donors (Lipinski definition) is 1. The first kappa shape index (κ1) is 21.1. The molecule has 0 bridgehead atoms. The molecule has 1 fully saturated rings. The number of imide groups is 1. The summed E-state index contributed by atoms with van der Waals surface area (Å²) in [6.07, 6.45) is 0. The predicted molar refractivity (Wildman–Crippen MR) is 119 cm³/mol. The van der Waals surface area contributed by atoms with Crippen LogP contribution in [0.2, 0.25) is 0 Å². The van der Waals surface area contributed by atoms with Gasteiger partial charge < -0.3 is 4.74 Å². The Hall–Kier alpha value is -3.10. The van der Waals surface area contributed by atoms with E-state index in [1.165, 1.54) is 31.4 Å². The topological polar surface area (TPSA) is 89.5 Å². The highest BCUT2D eigenvalue weighted by molar-refractivity contribution is 8.25. The predicted octanol–water partition coefficient (Wildman–Crippen LogP) is 3.98. The second-order valence-corrected chi connectivity index (χ2v) is 10.5. The molecular weight excluding hydrogens is 434 g/mol. The number of benzene rings is 3. The zero-order valence-corrected chi connectivity index (χ0v) is 18.2. The quantitative estimate of drug-likeness (QED) is 0.607. The van der Waals surface area contributed by atoms with Gasteiger partial charge in [0.2, 0.25) is 13.9 Å². The Balaban J connectivity index is 2.00. The number of carbonyl (C=O) groups excluding carboxylic acids is 2. The number of sulfone groups is 1. The summed E-state index contributed by atoms with van der Waals surface area (Å²) in [5.41, 5.74) is 1.23. The van der Waals surface area contributed by atoms with Crippen molar-refractivity contribution in [2.45, 2.75) is 14.9 Å². The number of hydrogen-bond acceptors (Lipinski definition) is 6. The van der Waals surface area contributed by atoms with Crippen LogP contribution in [0.3, 0.4) is 0 Å². The summed E-state index contributed by atoms with van der Waals surface area (Å²) < 4.78 is 31.1. The Bertz CT molecular complexity index is 1170. The largest absolute Gasteiger partial charge is 0.497 e. The van der Waals surface area contributed by atoms with Crippen molar-refractivity contribution in [3.63, 3.8) is 0 Å². The van der Waals surface area contributed by atoms with E-state index in [1.54, 1.807) is 48.5 Å². The molecule has 31 heavy (non-hydrogen) atoms. The number of thioether (sulfide) groups is 1. The molecule has 158 valence electrons. The van der Waals surface area contributed by atoms with Gasteiger partial charge in [0.1, 0.15) is 5.75 Å². The smallest absolute Gasteiger partial charge is 0.287 e. The molecule has 6 nitrogen and oxygen atoms in total. The lowest BCUT2D eigenvalue weighted by Gasteiger charge is -2.33.